The van der Waals surface area contributed by atoms with Crippen LogP contribution in [0.2, 0.25) is 0 Å². The van der Waals surface area contributed by atoms with Crippen LogP contribution in [0.4, 0.5) is 8.78 Å². The Morgan fingerprint density at radius 1 is 1.05 bits per heavy atom. The Bertz CT molecular complexity index is 1320. The fourth-order valence-electron chi connectivity index (χ4n) is 7.04. The number of carbonyl (C=O) groups is 1. The first kappa shape index (κ1) is 38.4. The lowest BCUT2D eigenvalue weighted by Gasteiger charge is -2.35. The van der Waals surface area contributed by atoms with Gasteiger partial charge in [0.05, 0.1) is 5.01 Å². The molecule has 3 unspecified atom stereocenters. The third-order valence-electron chi connectivity index (χ3n) is 9.17. The van der Waals surface area contributed by atoms with Crippen LogP contribution in [0.15, 0.2) is 54.7 Å². The first-order valence-electron chi connectivity index (χ1n) is 14.8. The highest BCUT2D eigenvalue weighted by Gasteiger charge is 2.41. The van der Waals surface area contributed by atoms with E-state index in [0.29, 0.717) is 11.8 Å². The quantitative estimate of drug-likeness (QED) is 0.233. The minimum atomic E-state index is -0.779. The molecule has 44 heavy (non-hydrogen) atoms. The largest absolute Gasteiger partial charge is 0.480 e. The summed E-state index contributed by atoms with van der Waals surface area (Å²) in [6.07, 6.45) is 6.66. The van der Waals surface area contributed by atoms with Crippen molar-refractivity contribution in [2.24, 2.45) is 11.8 Å². The van der Waals surface area contributed by atoms with E-state index in [-0.39, 0.29) is 66.7 Å². The van der Waals surface area contributed by atoms with E-state index < -0.39 is 12.0 Å². The minimum absolute atomic E-state index is 0. The number of hydrogen-bond donors (Lipinski definition) is 1. The van der Waals surface area contributed by atoms with E-state index in [9.17, 15) is 18.7 Å². The second kappa shape index (κ2) is 17.2. The van der Waals surface area contributed by atoms with Gasteiger partial charge in [-0.25, -0.2) is 13.8 Å². The van der Waals surface area contributed by atoms with Crippen LogP contribution in [0, 0.1) is 23.5 Å². The summed E-state index contributed by atoms with van der Waals surface area (Å²) in [5, 5.41) is 11.0. The van der Waals surface area contributed by atoms with Crippen LogP contribution < -0.4 is 0 Å². The summed E-state index contributed by atoms with van der Waals surface area (Å²) in [6, 6.07) is 13.2. The predicted molar refractivity (Wildman–Crippen MR) is 181 cm³/mol. The van der Waals surface area contributed by atoms with Crippen molar-refractivity contribution in [1.29, 1.82) is 0 Å². The second-order valence-electron chi connectivity index (χ2n) is 12.3. The van der Waals surface area contributed by atoms with Gasteiger partial charge >= 0.3 is 5.97 Å². The Morgan fingerprint density at radius 2 is 1.73 bits per heavy atom. The molecule has 2 aromatic carbocycles. The van der Waals surface area contributed by atoms with Gasteiger partial charge in [0.15, 0.2) is 0 Å². The maximum absolute atomic E-state index is 14.2. The number of carboxylic acid groups (broad SMARTS) is 1. The molecule has 2 fully saturated rings. The predicted octanol–water partition coefficient (Wildman–Crippen LogP) is 8.06. The minimum Gasteiger partial charge on any atom is -0.480 e. The molecular weight excluding hydrogens is 647 g/mol. The fraction of sp³-hybridized carbons (Fsp3) is 0.515. The molecule has 0 amide bonds. The van der Waals surface area contributed by atoms with Crippen molar-refractivity contribution in [1.82, 2.24) is 14.8 Å². The highest BCUT2D eigenvalue weighted by molar-refractivity contribution is 7.11. The van der Waals surface area contributed by atoms with Crippen LogP contribution in [0.5, 0.6) is 0 Å². The van der Waals surface area contributed by atoms with Crippen molar-refractivity contribution in [2.45, 2.75) is 69.9 Å². The lowest BCUT2D eigenvalue weighted by molar-refractivity contribution is -0.145. The molecule has 1 N–H and O–H groups in total. The van der Waals surface area contributed by atoms with Crippen molar-refractivity contribution in [3.63, 3.8) is 0 Å². The molecule has 11 heteroatoms. The van der Waals surface area contributed by atoms with E-state index in [1.165, 1.54) is 23.1 Å². The van der Waals surface area contributed by atoms with Crippen LogP contribution >= 0.6 is 48.6 Å². The first-order chi connectivity index (χ1) is 19.7. The van der Waals surface area contributed by atoms with Gasteiger partial charge < -0.3 is 10.0 Å². The molecule has 3 aromatic rings. The molecule has 0 spiro atoms. The number of nitrogens with zero attached hydrogens (tertiary/aromatic N) is 3. The molecular formula is C33H44Cl3F2N3O2S. The van der Waals surface area contributed by atoms with Crippen molar-refractivity contribution in [2.75, 3.05) is 26.7 Å². The lowest BCUT2D eigenvalue weighted by atomic mass is 9.87. The Kier molecular flexibility index (Phi) is 15.0. The number of aromatic nitrogens is 1. The molecule has 1 saturated heterocycles. The maximum Gasteiger partial charge on any atom is 0.321 e. The van der Waals surface area contributed by atoms with Gasteiger partial charge in [0.1, 0.15) is 17.7 Å². The molecule has 1 aliphatic carbocycles. The van der Waals surface area contributed by atoms with Crippen LogP contribution in [-0.2, 0) is 11.2 Å². The Labute approximate surface area is 282 Å². The molecule has 4 atom stereocenters. The van der Waals surface area contributed by atoms with E-state index in [0.717, 1.165) is 67.9 Å². The van der Waals surface area contributed by atoms with Crippen molar-refractivity contribution in [3.8, 4) is 0 Å². The van der Waals surface area contributed by atoms with Crippen molar-refractivity contribution < 1.29 is 18.7 Å². The van der Waals surface area contributed by atoms with Crippen LogP contribution in [0.25, 0.3) is 0 Å². The summed E-state index contributed by atoms with van der Waals surface area (Å²) in [5.74, 6) is -0.170. The number of aliphatic carboxylic acids is 1. The normalized spacial score (nSPS) is 21.4. The molecule has 1 aromatic heterocycles. The highest BCUT2D eigenvalue weighted by Crippen LogP contribution is 2.44. The highest BCUT2D eigenvalue weighted by atomic mass is 35.5. The number of rotatable bonds is 10. The Morgan fingerprint density at radius 3 is 2.34 bits per heavy atom. The molecule has 5 rings (SSSR count). The van der Waals surface area contributed by atoms with Gasteiger partial charge in [0.25, 0.3) is 0 Å². The van der Waals surface area contributed by atoms with Crippen LogP contribution in [0.3, 0.4) is 0 Å². The van der Waals surface area contributed by atoms with Gasteiger partial charge in [-0.05, 0) is 105 Å². The number of carboxylic acids is 1. The first-order valence-corrected chi connectivity index (χ1v) is 15.6. The van der Waals surface area contributed by atoms with E-state index >= 15 is 0 Å². The average molecular weight is 691 g/mol. The molecule has 5 nitrogen and oxygen atoms in total. The number of benzene rings is 2. The monoisotopic (exact) mass is 689 g/mol. The molecule has 0 radical (unpaired) electrons. The summed E-state index contributed by atoms with van der Waals surface area (Å²) in [4.78, 5) is 22.7. The smallest absolute Gasteiger partial charge is 0.321 e. The fourth-order valence-corrected chi connectivity index (χ4v) is 8.16. The molecule has 1 saturated carbocycles. The zero-order valence-electron chi connectivity index (χ0n) is 25.4. The van der Waals surface area contributed by atoms with E-state index in [2.05, 4.69) is 14.8 Å². The van der Waals surface area contributed by atoms with Gasteiger partial charge in [-0.3, -0.25) is 9.69 Å². The molecule has 1 aliphatic heterocycles. The van der Waals surface area contributed by atoms with Crippen molar-refractivity contribution >= 4 is 54.5 Å². The summed E-state index contributed by atoms with van der Waals surface area (Å²) < 4.78 is 27.5. The summed E-state index contributed by atoms with van der Waals surface area (Å²) in [7, 11) is 1.94. The number of hydrogen-bond acceptors (Lipinski definition) is 5. The molecule has 244 valence electrons. The molecule has 2 heterocycles. The number of halogens is 5. The third kappa shape index (κ3) is 9.36. The topological polar surface area (TPSA) is 56.7 Å². The third-order valence-corrected chi connectivity index (χ3v) is 10.3. The number of likely N-dealkylation sites (N-methyl/N-ethyl adjacent to an activating group) is 1. The average Bonchev–Trinajstić information content (AvgIpc) is 3.57. The van der Waals surface area contributed by atoms with Gasteiger partial charge in [-0.15, -0.1) is 48.6 Å². The number of thiazole rings is 1. The molecule has 0 bridgehead atoms. The Hall–Kier alpha value is -1.81. The summed E-state index contributed by atoms with van der Waals surface area (Å²) in [6.45, 7) is 6.88. The molecule has 2 aliphatic rings. The number of likely N-dealkylation sites (tertiary alicyclic amines) is 1. The van der Waals surface area contributed by atoms with E-state index in [1.807, 2.05) is 45.3 Å². The number of piperidine rings is 1. The standard InChI is InChI=1S/C33H41F2N3O2S.3ClH/c1-21(2)32(33(39)40)37(3)28-17-25(29(18-28)24-5-4-6-27(35)16-24)20-38-13-11-23(12-14-38)30-19-36-31(41-30)15-22-7-9-26(34)10-8-22;;;/h4-10,16,19,21,23,25,28-29,32H,11-15,17-18,20H2,1-3H3,(H,39,40);3*1H/t25?,28?,29?,32-;;;/m1.../s1. The van der Waals surface area contributed by atoms with Crippen LogP contribution in [-0.4, -0.2) is 64.6 Å². The van der Waals surface area contributed by atoms with Crippen molar-refractivity contribution in [3.05, 3.63) is 87.4 Å². The van der Waals surface area contributed by atoms with Crippen LogP contribution in [0.1, 0.15) is 72.4 Å². The van der Waals surface area contributed by atoms with Gasteiger partial charge in [-0.2, -0.15) is 0 Å². The van der Waals surface area contributed by atoms with E-state index in [4.69, 9.17) is 0 Å². The van der Waals surface area contributed by atoms with Gasteiger partial charge in [0.2, 0.25) is 0 Å². The zero-order valence-corrected chi connectivity index (χ0v) is 28.7. The SMILES string of the molecule is CC(C)[C@H](C(=O)O)N(C)C1CC(CN2CCC(c3cnc(Cc4ccc(F)cc4)s3)CC2)C(c2cccc(F)c2)C1.Cl.Cl.Cl. The lowest BCUT2D eigenvalue weighted by Crippen LogP contribution is -2.47. The summed E-state index contributed by atoms with van der Waals surface area (Å²) in [5.41, 5.74) is 2.09. The zero-order chi connectivity index (χ0) is 29.1. The summed E-state index contributed by atoms with van der Waals surface area (Å²) >= 11 is 1.77. The van der Waals surface area contributed by atoms with Gasteiger partial charge in [0, 0.05) is 30.1 Å². The second-order valence-corrected chi connectivity index (χ2v) is 13.4. The van der Waals surface area contributed by atoms with E-state index in [1.54, 1.807) is 23.5 Å². The van der Waals surface area contributed by atoms with Gasteiger partial charge in [-0.1, -0.05) is 38.1 Å². The maximum atomic E-state index is 14.2. The Balaban J connectivity index is 0.00000225.